The predicted octanol–water partition coefficient (Wildman–Crippen LogP) is 2.70. The predicted molar refractivity (Wildman–Crippen MR) is 74.1 cm³/mol. The molecule has 0 saturated carbocycles. The third-order valence-electron chi connectivity index (χ3n) is 2.82. The summed E-state index contributed by atoms with van der Waals surface area (Å²) in [5.41, 5.74) is 0.407. The van der Waals surface area contributed by atoms with E-state index in [2.05, 4.69) is 14.9 Å². The van der Waals surface area contributed by atoms with Gasteiger partial charge in [0, 0.05) is 0 Å². The van der Waals surface area contributed by atoms with E-state index < -0.39 is 5.97 Å². The van der Waals surface area contributed by atoms with Gasteiger partial charge in [0.2, 0.25) is 5.82 Å². The van der Waals surface area contributed by atoms with Crippen molar-refractivity contribution in [1.29, 1.82) is 0 Å². The summed E-state index contributed by atoms with van der Waals surface area (Å²) in [5.74, 6) is 1.23. The van der Waals surface area contributed by atoms with Crippen molar-refractivity contribution in [2.24, 2.45) is 0 Å². The van der Waals surface area contributed by atoms with Crippen LogP contribution < -0.4 is 4.74 Å². The first kappa shape index (κ1) is 13.9. The number of ether oxygens (including phenoxy) is 2. The monoisotopic (exact) mass is 300 g/mol. The van der Waals surface area contributed by atoms with Crippen LogP contribution in [0.3, 0.4) is 0 Å². The second kappa shape index (κ2) is 6.13. The van der Waals surface area contributed by atoms with Crippen LogP contribution in [0.5, 0.6) is 5.75 Å². The van der Waals surface area contributed by atoms with Crippen LogP contribution in [0, 0.1) is 0 Å². The van der Waals surface area contributed by atoms with Gasteiger partial charge in [0.15, 0.2) is 12.4 Å². The van der Waals surface area contributed by atoms with Crippen molar-refractivity contribution in [3.05, 3.63) is 54.0 Å². The number of esters is 1. The molecule has 1 aromatic carbocycles. The highest BCUT2D eigenvalue weighted by Gasteiger charge is 2.12. The van der Waals surface area contributed by atoms with E-state index in [0.717, 1.165) is 0 Å². The lowest BCUT2D eigenvalue weighted by molar-refractivity contribution is 0.0600. The summed E-state index contributed by atoms with van der Waals surface area (Å²) in [4.78, 5) is 15.6. The summed E-state index contributed by atoms with van der Waals surface area (Å²) in [6.07, 6.45) is 1.52. The molecule has 2 heterocycles. The molecule has 0 amide bonds. The Labute approximate surface area is 125 Å². The molecule has 0 fully saturated rings. The summed E-state index contributed by atoms with van der Waals surface area (Å²) in [5, 5.41) is 3.80. The number of hydrogen-bond acceptors (Lipinski definition) is 7. The first-order valence-corrected chi connectivity index (χ1v) is 6.44. The summed E-state index contributed by atoms with van der Waals surface area (Å²) < 4.78 is 20.4. The fraction of sp³-hybridized carbons (Fsp3) is 0.133. The number of aromatic nitrogens is 2. The average molecular weight is 300 g/mol. The molecule has 7 heteroatoms. The summed E-state index contributed by atoms with van der Waals surface area (Å²) in [6, 6.07) is 10.1. The molecule has 0 radical (unpaired) electrons. The maximum absolute atomic E-state index is 11.4. The van der Waals surface area contributed by atoms with Gasteiger partial charge in [-0.2, -0.15) is 4.98 Å². The van der Waals surface area contributed by atoms with E-state index in [1.165, 1.54) is 13.4 Å². The molecule has 0 aliphatic carbocycles. The van der Waals surface area contributed by atoms with E-state index in [-0.39, 0.29) is 12.5 Å². The number of carbonyl (C=O) groups is 1. The Morgan fingerprint density at radius 2 is 2.18 bits per heavy atom. The van der Waals surface area contributed by atoms with Gasteiger partial charge in [-0.15, -0.1) is 0 Å². The number of rotatable bonds is 5. The fourth-order valence-corrected chi connectivity index (χ4v) is 1.79. The Morgan fingerprint density at radius 3 is 2.95 bits per heavy atom. The minimum Gasteiger partial charge on any atom is -0.485 e. The molecule has 0 spiro atoms. The number of methoxy groups -OCH3 is 1. The van der Waals surface area contributed by atoms with Crippen molar-refractivity contribution >= 4 is 5.97 Å². The number of carbonyl (C=O) groups excluding carboxylic acids is 1. The normalized spacial score (nSPS) is 10.4. The van der Waals surface area contributed by atoms with Gasteiger partial charge < -0.3 is 18.4 Å². The van der Waals surface area contributed by atoms with Crippen molar-refractivity contribution in [2.75, 3.05) is 7.11 Å². The Balaban J connectivity index is 1.67. The lowest BCUT2D eigenvalue weighted by atomic mass is 10.2. The number of nitrogens with zero attached hydrogens (tertiary/aromatic N) is 2. The van der Waals surface area contributed by atoms with E-state index in [1.807, 2.05) is 0 Å². The van der Waals surface area contributed by atoms with Gasteiger partial charge in [-0.05, 0) is 30.3 Å². The highest BCUT2D eigenvalue weighted by atomic mass is 16.5. The highest BCUT2D eigenvalue weighted by molar-refractivity contribution is 5.89. The zero-order valence-corrected chi connectivity index (χ0v) is 11.7. The SMILES string of the molecule is COC(=O)c1cccc(OCc2noc(-c3ccco3)n2)c1. The Bertz CT molecular complexity index is 764. The Morgan fingerprint density at radius 1 is 1.27 bits per heavy atom. The van der Waals surface area contributed by atoms with Gasteiger partial charge in [0.1, 0.15) is 5.75 Å². The number of benzene rings is 1. The highest BCUT2D eigenvalue weighted by Crippen LogP contribution is 2.19. The molecule has 3 aromatic rings. The quantitative estimate of drug-likeness (QED) is 0.669. The third kappa shape index (κ3) is 2.98. The summed E-state index contributed by atoms with van der Waals surface area (Å²) in [6.45, 7) is 0.106. The van der Waals surface area contributed by atoms with Crippen molar-refractivity contribution in [2.45, 2.75) is 6.61 Å². The van der Waals surface area contributed by atoms with E-state index in [9.17, 15) is 4.79 Å². The number of hydrogen-bond donors (Lipinski definition) is 0. The summed E-state index contributed by atoms with van der Waals surface area (Å²) in [7, 11) is 1.32. The topological polar surface area (TPSA) is 87.6 Å². The minimum atomic E-state index is -0.426. The molecular weight excluding hydrogens is 288 g/mol. The van der Waals surface area contributed by atoms with Crippen LogP contribution >= 0.6 is 0 Å². The zero-order valence-electron chi connectivity index (χ0n) is 11.7. The molecule has 3 rings (SSSR count). The van der Waals surface area contributed by atoms with Crippen LogP contribution in [0.25, 0.3) is 11.7 Å². The molecule has 0 saturated heterocycles. The smallest absolute Gasteiger partial charge is 0.337 e. The van der Waals surface area contributed by atoms with Crippen molar-refractivity contribution in [3.63, 3.8) is 0 Å². The number of furan rings is 1. The van der Waals surface area contributed by atoms with E-state index >= 15 is 0 Å². The second-order valence-corrected chi connectivity index (χ2v) is 4.30. The van der Waals surface area contributed by atoms with Gasteiger partial charge in [0.05, 0.1) is 18.9 Å². The Hall–Kier alpha value is -3.09. The molecule has 7 nitrogen and oxygen atoms in total. The molecule has 0 N–H and O–H groups in total. The van der Waals surface area contributed by atoms with Crippen LogP contribution in [0.15, 0.2) is 51.6 Å². The summed E-state index contributed by atoms with van der Waals surface area (Å²) >= 11 is 0. The molecule has 0 unspecified atom stereocenters. The van der Waals surface area contributed by atoms with Gasteiger partial charge in [-0.3, -0.25) is 0 Å². The average Bonchev–Trinajstić information content (AvgIpc) is 3.23. The van der Waals surface area contributed by atoms with Crippen molar-refractivity contribution in [1.82, 2.24) is 10.1 Å². The van der Waals surface area contributed by atoms with Crippen LogP contribution in [-0.4, -0.2) is 23.2 Å². The molecular formula is C15H12N2O5. The lowest BCUT2D eigenvalue weighted by Gasteiger charge is -2.04. The van der Waals surface area contributed by atoms with Crippen molar-refractivity contribution in [3.8, 4) is 17.4 Å². The molecule has 0 bridgehead atoms. The largest absolute Gasteiger partial charge is 0.485 e. The zero-order chi connectivity index (χ0) is 15.4. The van der Waals surface area contributed by atoms with Gasteiger partial charge >= 0.3 is 5.97 Å². The van der Waals surface area contributed by atoms with E-state index in [0.29, 0.717) is 22.9 Å². The minimum absolute atomic E-state index is 0.106. The molecule has 0 aliphatic heterocycles. The van der Waals surface area contributed by atoms with Crippen molar-refractivity contribution < 1.29 is 23.2 Å². The van der Waals surface area contributed by atoms with E-state index in [4.69, 9.17) is 13.7 Å². The second-order valence-electron chi connectivity index (χ2n) is 4.30. The fourth-order valence-electron chi connectivity index (χ4n) is 1.79. The maximum atomic E-state index is 11.4. The lowest BCUT2D eigenvalue weighted by Crippen LogP contribution is -2.02. The first-order chi connectivity index (χ1) is 10.8. The van der Waals surface area contributed by atoms with Crippen LogP contribution in [0.2, 0.25) is 0 Å². The molecule has 0 atom stereocenters. The van der Waals surface area contributed by atoms with Gasteiger partial charge in [0.25, 0.3) is 5.89 Å². The van der Waals surface area contributed by atoms with Gasteiger partial charge in [-0.1, -0.05) is 11.2 Å². The van der Waals surface area contributed by atoms with Crippen LogP contribution in [-0.2, 0) is 11.3 Å². The molecule has 112 valence electrons. The molecule has 2 aromatic heterocycles. The van der Waals surface area contributed by atoms with Crippen LogP contribution in [0.4, 0.5) is 0 Å². The standard InChI is InChI=1S/C15H12N2O5/c1-19-15(18)10-4-2-5-11(8-10)21-9-13-16-14(22-17-13)12-6-3-7-20-12/h2-8H,9H2,1H3. The van der Waals surface area contributed by atoms with E-state index in [1.54, 1.807) is 36.4 Å². The molecule has 22 heavy (non-hydrogen) atoms. The van der Waals surface area contributed by atoms with Crippen LogP contribution in [0.1, 0.15) is 16.2 Å². The third-order valence-corrected chi connectivity index (χ3v) is 2.82. The Kier molecular flexibility index (Phi) is 3.86. The maximum Gasteiger partial charge on any atom is 0.337 e. The first-order valence-electron chi connectivity index (χ1n) is 6.44. The van der Waals surface area contributed by atoms with Gasteiger partial charge in [-0.25, -0.2) is 4.79 Å². The molecule has 0 aliphatic rings.